The summed E-state index contributed by atoms with van der Waals surface area (Å²) in [7, 11) is 5.50. The van der Waals surface area contributed by atoms with Gasteiger partial charge in [0.15, 0.2) is 5.96 Å². The minimum atomic E-state index is 0. The maximum absolute atomic E-state index is 5.87. The van der Waals surface area contributed by atoms with E-state index >= 15 is 0 Å². The average molecular weight is 508 g/mol. The lowest BCUT2D eigenvalue weighted by molar-refractivity contribution is 0.150. The molecular formula is C20H37IN4O3. The Morgan fingerprint density at radius 1 is 1.07 bits per heavy atom. The molecule has 0 bridgehead atoms. The molecule has 1 aromatic rings. The van der Waals surface area contributed by atoms with E-state index in [0.29, 0.717) is 13.2 Å². The third-order valence-corrected chi connectivity index (χ3v) is 3.90. The topological polar surface area (TPSA) is 67.4 Å². The number of hydrogen-bond acceptors (Lipinski definition) is 5. The molecule has 0 amide bonds. The van der Waals surface area contributed by atoms with Crippen LogP contribution in [0, 0.1) is 0 Å². The number of benzene rings is 1. The average Bonchev–Trinajstić information content (AvgIpc) is 2.68. The minimum Gasteiger partial charge on any atom is -0.492 e. The molecule has 162 valence electrons. The second kappa shape index (κ2) is 18.0. The number of likely N-dealkylation sites (N-methyl/N-ethyl adjacent to an activating group) is 1. The van der Waals surface area contributed by atoms with E-state index in [-0.39, 0.29) is 24.0 Å². The van der Waals surface area contributed by atoms with Crippen molar-refractivity contribution in [1.82, 2.24) is 15.5 Å². The highest BCUT2D eigenvalue weighted by Gasteiger charge is 2.01. The zero-order valence-electron chi connectivity index (χ0n) is 17.7. The number of methoxy groups -OCH3 is 2. The Morgan fingerprint density at radius 3 is 2.54 bits per heavy atom. The number of nitrogens with zero attached hydrogens (tertiary/aromatic N) is 2. The van der Waals surface area contributed by atoms with Gasteiger partial charge in [-0.05, 0) is 38.1 Å². The van der Waals surface area contributed by atoms with E-state index in [1.807, 2.05) is 18.2 Å². The third kappa shape index (κ3) is 13.1. The van der Waals surface area contributed by atoms with E-state index in [1.54, 1.807) is 14.2 Å². The van der Waals surface area contributed by atoms with E-state index in [9.17, 15) is 0 Å². The van der Waals surface area contributed by atoms with Gasteiger partial charge in [0.2, 0.25) is 0 Å². The summed E-state index contributed by atoms with van der Waals surface area (Å²) in [5, 5.41) is 6.57. The standard InChI is InChI=1S/C20H36N4O3.HI/c1-5-21-20(22-10-7-13-25-3)23-17-18-8-6-9-19(16-18)27-15-12-24(2)11-14-26-4;/h6,8-9,16H,5,7,10-15,17H2,1-4H3,(H2,21,22,23);1H. The van der Waals surface area contributed by atoms with Crippen LogP contribution in [0.25, 0.3) is 0 Å². The van der Waals surface area contributed by atoms with Crippen molar-refractivity contribution in [2.45, 2.75) is 19.9 Å². The van der Waals surface area contributed by atoms with Crippen molar-refractivity contribution in [3.8, 4) is 5.75 Å². The van der Waals surface area contributed by atoms with E-state index in [4.69, 9.17) is 14.2 Å². The minimum absolute atomic E-state index is 0. The van der Waals surface area contributed by atoms with Crippen molar-refractivity contribution < 1.29 is 14.2 Å². The zero-order chi connectivity index (χ0) is 19.7. The zero-order valence-corrected chi connectivity index (χ0v) is 20.0. The number of ether oxygens (including phenoxy) is 3. The number of guanidine groups is 1. The van der Waals surface area contributed by atoms with Crippen molar-refractivity contribution >= 4 is 29.9 Å². The largest absolute Gasteiger partial charge is 0.492 e. The highest BCUT2D eigenvalue weighted by atomic mass is 127. The SMILES string of the molecule is CCNC(=NCc1cccc(OCCN(C)CCOC)c1)NCCCOC.I. The van der Waals surface area contributed by atoms with Crippen LogP contribution in [-0.2, 0) is 16.0 Å². The quantitative estimate of drug-likeness (QED) is 0.174. The molecule has 0 aliphatic rings. The summed E-state index contributed by atoms with van der Waals surface area (Å²) in [5.41, 5.74) is 1.12. The Balaban J connectivity index is 0.00000729. The van der Waals surface area contributed by atoms with Crippen molar-refractivity contribution in [3.05, 3.63) is 29.8 Å². The van der Waals surface area contributed by atoms with Crippen LogP contribution < -0.4 is 15.4 Å². The molecule has 1 rings (SSSR count). The molecule has 0 saturated carbocycles. The maximum Gasteiger partial charge on any atom is 0.191 e. The van der Waals surface area contributed by atoms with Crippen LogP contribution in [0.15, 0.2) is 29.3 Å². The first-order valence-corrected chi connectivity index (χ1v) is 9.60. The fourth-order valence-corrected chi connectivity index (χ4v) is 2.35. The normalized spacial score (nSPS) is 11.2. The Labute approximate surface area is 187 Å². The Morgan fingerprint density at radius 2 is 1.82 bits per heavy atom. The summed E-state index contributed by atoms with van der Waals surface area (Å²) >= 11 is 0. The summed E-state index contributed by atoms with van der Waals surface area (Å²) in [6.45, 7) is 8.21. The maximum atomic E-state index is 5.87. The molecule has 0 radical (unpaired) electrons. The molecular weight excluding hydrogens is 471 g/mol. The van der Waals surface area contributed by atoms with Gasteiger partial charge in [0.1, 0.15) is 12.4 Å². The second-order valence-electron chi connectivity index (χ2n) is 6.26. The monoisotopic (exact) mass is 508 g/mol. The van der Waals surface area contributed by atoms with Gasteiger partial charge in [0.25, 0.3) is 0 Å². The molecule has 1 aromatic carbocycles. The summed E-state index contributed by atoms with van der Waals surface area (Å²) in [5.74, 6) is 1.69. The third-order valence-electron chi connectivity index (χ3n) is 3.90. The molecule has 0 fully saturated rings. The number of aliphatic imine (C=N–C) groups is 1. The van der Waals surface area contributed by atoms with Gasteiger partial charge in [-0.25, -0.2) is 4.99 Å². The first-order chi connectivity index (χ1) is 13.2. The number of hydrogen-bond donors (Lipinski definition) is 2. The van der Waals surface area contributed by atoms with Crippen LogP contribution in [0.5, 0.6) is 5.75 Å². The molecule has 7 nitrogen and oxygen atoms in total. The van der Waals surface area contributed by atoms with Crippen LogP contribution in [0.3, 0.4) is 0 Å². The van der Waals surface area contributed by atoms with Gasteiger partial charge in [0.05, 0.1) is 13.2 Å². The molecule has 0 unspecified atom stereocenters. The predicted octanol–water partition coefficient (Wildman–Crippen LogP) is 2.35. The first-order valence-electron chi connectivity index (χ1n) is 9.60. The number of rotatable bonds is 14. The molecule has 2 N–H and O–H groups in total. The molecule has 0 saturated heterocycles. The van der Waals surface area contributed by atoms with Crippen LogP contribution in [0.1, 0.15) is 18.9 Å². The molecule has 0 spiro atoms. The van der Waals surface area contributed by atoms with Gasteiger partial charge in [-0.15, -0.1) is 24.0 Å². The van der Waals surface area contributed by atoms with Gasteiger partial charge < -0.3 is 29.7 Å². The molecule has 0 aromatic heterocycles. The van der Waals surface area contributed by atoms with Crippen molar-refractivity contribution in [2.24, 2.45) is 4.99 Å². The van der Waals surface area contributed by atoms with Gasteiger partial charge in [0, 0.05) is 47.0 Å². The summed E-state index contributed by atoms with van der Waals surface area (Å²) in [4.78, 5) is 6.83. The summed E-state index contributed by atoms with van der Waals surface area (Å²) in [6.07, 6.45) is 0.947. The van der Waals surface area contributed by atoms with E-state index < -0.39 is 0 Å². The Hall–Kier alpha value is -1.10. The highest BCUT2D eigenvalue weighted by molar-refractivity contribution is 14.0. The van der Waals surface area contributed by atoms with Crippen molar-refractivity contribution in [2.75, 3.05) is 67.3 Å². The Bertz CT molecular complexity index is 532. The molecule has 8 heteroatoms. The fraction of sp³-hybridized carbons (Fsp3) is 0.650. The molecule has 0 heterocycles. The summed E-state index contributed by atoms with van der Waals surface area (Å²) < 4.78 is 16.0. The van der Waals surface area contributed by atoms with E-state index in [1.165, 1.54) is 0 Å². The fourth-order valence-electron chi connectivity index (χ4n) is 2.35. The van der Waals surface area contributed by atoms with Gasteiger partial charge >= 0.3 is 0 Å². The first kappa shape index (κ1) is 26.9. The second-order valence-corrected chi connectivity index (χ2v) is 6.26. The molecule has 0 atom stereocenters. The molecule has 0 aliphatic carbocycles. The van der Waals surface area contributed by atoms with Crippen molar-refractivity contribution in [1.29, 1.82) is 0 Å². The highest BCUT2D eigenvalue weighted by Crippen LogP contribution is 2.14. The Kier molecular flexibility index (Phi) is 17.3. The van der Waals surface area contributed by atoms with Gasteiger partial charge in [-0.2, -0.15) is 0 Å². The van der Waals surface area contributed by atoms with Gasteiger partial charge in [-0.3, -0.25) is 0 Å². The van der Waals surface area contributed by atoms with Crippen LogP contribution in [0.2, 0.25) is 0 Å². The van der Waals surface area contributed by atoms with Crippen LogP contribution >= 0.6 is 24.0 Å². The van der Waals surface area contributed by atoms with Crippen LogP contribution in [-0.4, -0.2) is 78.1 Å². The van der Waals surface area contributed by atoms with E-state index in [2.05, 4.69) is 40.6 Å². The number of nitrogens with one attached hydrogen (secondary N) is 2. The van der Waals surface area contributed by atoms with E-state index in [0.717, 1.165) is 63.1 Å². The lowest BCUT2D eigenvalue weighted by atomic mass is 10.2. The lowest BCUT2D eigenvalue weighted by Crippen LogP contribution is -2.38. The van der Waals surface area contributed by atoms with Gasteiger partial charge in [-0.1, -0.05) is 12.1 Å². The smallest absolute Gasteiger partial charge is 0.191 e. The number of halogens is 1. The van der Waals surface area contributed by atoms with Crippen LogP contribution in [0.4, 0.5) is 0 Å². The predicted molar refractivity (Wildman–Crippen MR) is 126 cm³/mol. The molecule has 28 heavy (non-hydrogen) atoms. The lowest BCUT2D eigenvalue weighted by Gasteiger charge is -2.16. The summed E-state index contributed by atoms with van der Waals surface area (Å²) in [6, 6.07) is 8.10. The molecule has 0 aliphatic heterocycles. The van der Waals surface area contributed by atoms with Crippen molar-refractivity contribution in [3.63, 3.8) is 0 Å².